The van der Waals surface area contributed by atoms with Gasteiger partial charge in [-0.25, -0.2) is 0 Å². The number of aliphatic imine (C=N–C) groups is 1. The molecule has 0 fully saturated rings. The molecule has 0 saturated heterocycles. The fraction of sp³-hybridized carbons (Fsp3) is 0.824. The molecule has 1 N–H and O–H groups in total. The van der Waals surface area contributed by atoms with Crippen molar-refractivity contribution in [2.75, 3.05) is 6.54 Å². The minimum atomic E-state index is 0.0531. The quantitative estimate of drug-likeness (QED) is 0.560. The summed E-state index contributed by atoms with van der Waals surface area (Å²) in [7, 11) is 0. The summed E-state index contributed by atoms with van der Waals surface area (Å²) in [6.07, 6.45) is 12.0. The van der Waals surface area contributed by atoms with Gasteiger partial charge in [-0.15, -0.1) is 0 Å². The lowest BCUT2D eigenvalue weighted by molar-refractivity contribution is 0.549. The van der Waals surface area contributed by atoms with Gasteiger partial charge in [-0.05, 0) is 32.3 Å². The highest BCUT2D eigenvalue weighted by Crippen LogP contribution is 2.18. The van der Waals surface area contributed by atoms with Crippen LogP contribution in [0.15, 0.2) is 17.1 Å². The summed E-state index contributed by atoms with van der Waals surface area (Å²) in [6, 6.07) is 0. The van der Waals surface area contributed by atoms with E-state index in [2.05, 4.69) is 37.7 Å². The molecule has 0 radical (unpaired) electrons. The van der Waals surface area contributed by atoms with Crippen LogP contribution in [0.25, 0.3) is 0 Å². The maximum atomic E-state index is 4.68. The van der Waals surface area contributed by atoms with Crippen molar-refractivity contribution in [2.45, 2.75) is 84.1 Å². The number of nitrogens with zero attached hydrogens (tertiary/aromatic N) is 1. The smallest absolute Gasteiger partial charge is 0.124 e. The molecule has 0 aromatic heterocycles. The highest BCUT2D eigenvalue weighted by atomic mass is 15.1. The lowest BCUT2D eigenvalue weighted by Gasteiger charge is -2.09. The van der Waals surface area contributed by atoms with Gasteiger partial charge in [0.2, 0.25) is 0 Å². The van der Waals surface area contributed by atoms with Gasteiger partial charge in [0.1, 0.15) is 5.84 Å². The molecule has 1 aliphatic heterocycles. The van der Waals surface area contributed by atoms with Gasteiger partial charge in [-0.2, -0.15) is 0 Å². The summed E-state index contributed by atoms with van der Waals surface area (Å²) < 4.78 is 0. The molecule has 1 aliphatic rings. The Labute approximate surface area is 119 Å². The Morgan fingerprint density at radius 3 is 2.21 bits per heavy atom. The Balaban J connectivity index is 2.02. The van der Waals surface area contributed by atoms with Crippen molar-refractivity contribution >= 4 is 5.84 Å². The second-order valence-electron chi connectivity index (χ2n) is 6.45. The van der Waals surface area contributed by atoms with E-state index in [1.807, 2.05) is 0 Å². The van der Waals surface area contributed by atoms with Crippen LogP contribution in [0.5, 0.6) is 0 Å². The Bertz CT molecular complexity index is 302. The summed E-state index contributed by atoms with van der Waals surface area (Å²) in [5.41, 5.74) is 1.24. The minimum absolute atomic E-state index is 0.0531. The third-order valence-electron chi connectivity index (χ3n) is 3.77. The summed E-state index contributed by atoms with van der Waals surface area (Å²) in [5, 5.41) is 3.37. The van der Waals surface area contributed by atoms with E-state index in [-0.39, 0.29) is 5.54 Å². The van der Waals surface area contributed by atoms with E-state index in [1.54, 1.807) is 0 Å². The van der Waals surface area contributed by atoms with Crippen molar-refractivity contribution in [3.8, 4) is 0 Å². The topological polar surface area (TPSA) is 24.4 Å². The Morgan fingerprint density at radius 1 is 1.11 bits per heavy atom. The SMILES string of the molecule is C=C(CCCCCCCCCC)C1=NC(C)(C)CN1. The highest BCUT2D eigenvalue weighted by molar-refractivity contribution is 5.99. The number of hydrogen-bond acceptors (Lipinski definition) is 2. The Hall–Kier alpha value is -0.790. The van der Waals surface area contributed by atoms with E-state index < -0.39 is 0 Å². The van der Waals surface area contributed by atoms with Crippen LogP contribution in [0, 0.1) is 0 Å². The van der Waals surface area contributed by atoms with Gasteiger partial charge in [0.25, 0.3) is 0 Å². The molecule has 2 heteroatoms. The zero-order valence-electron chi connectivity index (χ0n) is 13.2. The fourth-order valence-electron chi connectivity index (χ4n) is 2.48. The van der Waals surface area contributed by atoms with Gasteiger partial charge >= 0.3 is 0 Å². The molecule has 0 atom stereocenters. The van der Waals surface area contributed by atoms with Gasteiger partial charge in [0.05, 0.1) is 5.54 Å². The van der Waals surface area contributed by atoms with Gasteiger partial charge in [-0.1, -0.05) is 58.4 Å². The largest absolute Gasteiger partial charge is 0.368 e. The van der Waals surface area contributed by atoms with Crippen LogP contribution in [0.3, 0.4) is 0 Å². The molecule has 0 spiro atoms. The zero-order valence-corrected chi connectivity index (χ0v) is 13.2. The zero-order chi connectivity index (χ0) is 14.1. The number of amidine groups is 1. The third kappa shape index (κ3) is 6.79. The molecule has 2 nitrogen and oxygen atoms in total. The average Bonchev–Trinajstić information content (AvgIpc) is 2.73. The van der Waals surface area contributed by atoms with Gasteiger partial charge in [0, 0.05) is 6.54 Å². The van der Waals surface area contributed by atoms with Crippen LogP contribution in [-0.2, 0) is 0 Å². The van der Waals surface area contributed by atoms with Crippen molar-refractivity contribution in [2.24, 2.45) is 4.99 Å². The molecule has 0 aromatic rings. The molecule has 0 bridgehead atoms. The first kappa shape index (κ1) is 16.3. The third-order valence-corrected chi connectivity index (χ3v) is 3.77. The molecule has 0 unspecified atom stereocenters. The maximum absolute atomic E-state index is 4.68. The Morgan fingerprint density at radius 2 is 1.68 bits per heavy atom. The molecular weight excluding hydrogens is 232 g/mol. The molecule has 0 saturated carbocycles. The normalized spacial score (nSPS) is 17.1. The second kappa shape index (κ2) is 8.39. The fourth-order valence-corrected chi connectivity index (χ4v) is 2.48. The second-order valence-corrected chi connectivity index (χ2v) is 6.45. The van der Waals surface area contributed by atoms with E-state index >= 15 is 0 Å². The standard InChI is InChI=1S/C17H32N2/c1-5-6-7-8-9-10-11-12-13-15(2)16-18-14-17(3,4)19-16/h2,5-14H2,1,3-4H3,(H,18,19). The van der Waals surface area contributed by atoms with Crippen molar-refractivity contribution < 1.29 is 0 Å². The average molecular weight is 264 g/mol. The Kier molecular flexibility index (Phi) is 7.19. The highest BCUT2D eigenvalue weighted by Gasteiger charge is 2.24. The van der Waals surface area contributed by atoms with Crippen LogP contribution < -0.4 is 5.32 Å². The van der Waals surface area contributed by atoms with E-state index in [9.17, 15) is 0 Å². The number of unbranched alkanes of at least 4 members (excludes halogenated alkanes) is 7. The van der Waals surface area contributed by atoms with Crippen LogP contribution in [0.2, 0.25) is 0 Å². The first-order chi connectivity index (χ1) is 9.05. The molecule has 1 rings (SSSR count). The van der Waals surface area contributed by atoms with Crippen LogP contribution >= 0.6 is 0 Å². The van der Waals surface area contributed by atoms with Crippen molar-refractivity contribution in [3.63, 3.8) is 0 Å². The van der Waals surface area contributed by atoms with E-state index in [0.29, 0.717) is 0 Å². The number of rotatable bonds is 10. The monoisotopic (exact) mass is 264 g/mol. The van der Waals surface area contributed by atoms with E-state index in [1.165, 1.54) is 56.9 Å². The molecule has 1 heterocycles. The van der Waals surface area contributed by atoms with Crippen LogP contribution in [-0.4, -0.2) is 17.9 Å². The maximum Gasteiger partial charge on any atom is 0.124 e. The number of hydrogen-bond donors (Lipinski definition) is 1. The molecule has 0 amide bonds. The van der Waals surface area contributed by atoms with Crippen molar-refractivity contribution in [3.05, 3.63) is 12.2 Å². The molecule has 19 heavy (non-hydrogen) atoms. The molecule has 0 aliphatic carbocycles. The molecular formula is C17H32N2. The molecule has 110 valence electrons. The van der Waals surface area contributed by atoms with Gasteiger partial charge in [-0.3, -0.25) is 4.99 Å². The first-order valence-corrected chi connectivity index (χ1v) is 8.07. The van der Waals surface area contributed by atoms with Crippen LogP contribution in [0.1, 0.15) is 78.6 Å². The lowest BCUT2D eigenvalue weighted by Crippen LogP contribution is -2.26. The summed E-state index contributed by atoms with van der Waals surface area (Å²) in [5.74, 6) is 1.05. The van der Waals surface area contributed by atoms with Crippen LogP contribution in [0.4, 0.5) is 0 Å². The summed E-state index contributed by atoms with van der Waals surface area (Å²) >= 11 is 0. The van der Waals surface area contributed by atoms with E-state index in [4.69, 9.17) is 0 Å². The number of nitrogens with one attached hydrogen (secondary N) is 1. The lowest BCUT2D eigenvalue weighted by atomic mass is 10.0. The van der Waals surface area contributed by atoms with Crippen molar-refractivity contribution in [1.82, 2.24) is 5.32 Å². The minimum Gasteiger partial charge on any atom is -0.368 e. The predicted molar refractivity (Wildman–Crippen MR) is 85.9 cm³/mol. The van der Waals surface area contributed by atoms with E-state index in [0.717, 1.165) is 18.8 Å². The summed E-state index contributed by atoms with van der Waals surface area (Å²) in [6.45, 7) is 11.7. The predicted octanol–water partition coefficient (Wildman–Crippen LogP) is 4.85. The first-order valence-electron chi connectivity index (χ1n) is 8.07. The summed E-state index contributed by atoms with van der Waals surface area (Å²) in [4.78, 5) is 4.68. The molecule has 0 aromatic carbocycles. The van der Waals surface area contributed by atoms with Crippen molar-refractivity contribution in [1.29, 1.82) is 0 Å². The van der Waals surface area contributed by atoms with Gasteiger partial charge < -0.3 is 5.32 Å². The van der Waals surface area contributed by atoms with Gasteiger partial charge in [0.15, 0.2) is 0 Å².